The Hall–Kier alpha value is -3.28. The zero-order chi connectivity index (χ0) is 16.4. The van der Waals surface area contributed by atoms with Gasteiger partial charge in [0, 0.05) is 22.7 Å². The number of hydrazone groups is 1. The molecule has 0 bridgehead atoms. The van der Waals surface area contributed by atoms with E-state index in [0.717, 1.165) is 16.5 Å². The maximum atomic E-state index is 12.2. The number of carbonyl (C=O) groups is 1. The summed E-state index contributed by atoms with van der Waals surface area (Å²) >= 11 is 0. The predicted molar refractivity (Wildman–Crippen MR) is 90.4 cm³/mol. The normalized spacial score (nSPS) is 16.4. The van der Waals surface area contributed by atoms with Crippen LogP contribution in [-0.2, 0) is 4.79 Å². The summed E-state index contributed by atoms with van der Waals surface area (Å²) in [5.74, 6) is 0.856. The Morgan fingerprint density at radius 3 is 2.88 bits per heavy atom. The van der Waals surface area contributed by atoms with Gasteiger partial charge in [-0.3, -0.25) is 4.79 Å². The molecule has 2 N–H and O–H groups in total. The van der Waals surface area contributed by atoms with Crippen LogP contribution in [0.25, 0.3) is 10.9 Å². The molecule has 1 amide bonds. The highest BCUT2D eigenvalue weighted by Crippen LogP contribution is 2.30. The van der Waals surface area contributed by atoms with Gasteiger partial charge in [-0.25, -0.2) is 5.43 Å². The Labute approximate surface area is 138 Å². The van der Waals surface area contributed by atoms with Crippen molar-refractivity contribution in [1.29, 1.82) is 0 Å². The Balaban J connectivity index is 1.42. The number of hydrogen-bond acceptors (Lipinski definition) is 4. The molecule has 4 rings (SSSR count). The van der Waals surface area contributed by atoms with Crippen LogP contribution in [0.2, 0.25) is 0 Å². The number of hydrogen-bond donors (Lipinski definition) is 2. The number of H-pyrrole nitrogens is 1. The first-order chi connectivity index (χ1) is 11.8. The molecule has 1 aliphatic heterocycles. The molecular weight excluding hydrogens is 306 g/mol. The summed E-state index contributed by atoms with van der Waals surface area (Å²) < 4.78 is 11.2. The molecule has 6 heteroatoms. The maximum Gasteiger partial charge on any atom is 0.284 e. The van der Waals surface area contributed by atoms with E-state index in [-0.39, 0.29) is 12.5 Å². The Morgan fingerprint density at radius 1 is 1.17 bits per heavy atom. The molecule has 1 aromatic heterocycles. The van der Waals surface area contributed by atoms with Gasteiger partial charge in [0.1, 0.15) is 6.61 Å². The van der Waals surface area contributed by atoms with Crippen molar-refractivity contribution in [1.82, 2.24) is 10.4 Å². The number of ether oxygens (including phenoxy) is 2. The predicted octanol–water partition coefficient (Wildman–Crippen LogP) is 2.46. The minimum Gasteiger partial charge on any atom is -0.485 e. The number of aromatic nitrogens is 1. The number of aromatic amines is 1. The van der Waals surface area contributed by atoms with Crippen molar-refractivity contribution in [2.45, 2.75) is 6.10 Å². The Morgan fingerprint density at radius 2 is 1.96 bits per heavy atom. The fraction of sp³-hybridized carbons (Fsp3) is 0.111. The van der Waals surface area contributed by atoms with Crippen LogP contribution >= 0.6 is 0 Å². The van der Waals surface area contributed by atoms with E-state index in [9.17, 15) is 4.79 Å². The van der Waals surface area contributed by atoms with Crippen LogP contribution in [0.1, 0.15) is 5.56 Å². The molecule has 0 spiro atoms. The van der Waals surface area contributed by atoms with E-state index in [1.165, 1.54) is 0 Å². The maximum absolute atomic E-state index is 12.2. The van der Waals surface area contributed by atoms with Crippen molar-refractivity contribution in [3.05, 3.63) is 60.3 Å². The summed E-state index contributed by atoms with van der Waals surface area (Å²) in [6.07, 6.45) is 2.73. The number of rotatable bonds is 3. The first-order valence-electron chi connectivity index (χ1n) is 7.59. The van der Waals surface area contributed by atoms with Gasteiger partial charge in [-0.15, -0.1) is 0 Å². The second kappa shape index (κ2) is 6.08. The second-order valence-corrected chi connectivity index (χ2v) is 5.39. The number of nitrogens with one attached hydrogen (secondary N) is 2. The molecule has 3 aromatic rings. The van der Waals surface area contributed by atoms with E-state index in [1.54, 1.807) is 18.3 Å². The van der Waals surface area contributed by atoms with Crippen LogP contribution in [-0.4, -0.2) is 29.8 Å². The number of benzene rings is 2. The lowest BCUT2D eigenvalue weighted by Crippen LogP contribution is -2.42. The minimum absolute atomic E-state index is 0.158. The third-order valence-electron chi connectivity index (χ3n) is 3.80. The number of para-hydroxylation sites is 3. The van der Waals surface area contributed by atoms with Gasteiger partial charge < -0.3 is 14.5 Å². The number of carbonyl (C=O) groups excluding carboxylic acids is 1. The molecular formula is C18H15N3O3. The quantitative estimate of drug-likeness (QED) is 0.575. The van der Waals surface area contributed by atoms with Crippen LogP contribution in [0.3, 0.4) is 0 Å². The van der Waals surface area contributed by atoms with Gasteiger partial charge in [0.25, 0.3) is 5.91 Å². The lowest BCUT2D eigenvalue weighted by molar-refractivity contribution is -0.130. The molecule has 120 valence electrons. The third kappa shape index (κ3) is 2.69. The van der Waals surface area contributed by atoms with Gasteiger partial charge in [-0.05, 0) is 18.2 Å². The monoisotopic (exact) mass is 321 g/mol. The first kappa shape index (κ1) is 14.3. The van der Waals surface area contributed by atoms with Crippen molar-refractivity contribution < 1.29 is 14.3 Å². The van der Waals surface area contributed by atoms with Gasteiger partial charge in [-0.2, -0.15) is 5.10 Å². The molecule has 6 nitrogen and oxygen atoms in total. The van der Waals surface area contributed by atoms with Crippen molar-refractivity contribution in [2.75, 3.05) is 6.61 Å². The van der Waals surface area contributed by atoms with Crippen LogP contribution in [0.4, 0.5) is 0 Å². The van der Waals surface area contributed by atoms with E-state index in [0.29, 0.717) is 11.5 Å². The Kier molecular flexibility index (Phi) is 3.63. The summed E-state index contributed by atoms with van der Waals surface area (Å²) in [5, 5.41) is 5.06. The molecule has 0 radical (unpaired) electrons. The lowest BCUT2D eigenvalue weighted by Gasteiger charge is -2.24. The van der Waals surface area contributed by atoms with E-state index in [2.05, 4.69) is 15.5 Å². The van der Waals surface area contributed by atoms with Gasteiger partial charge in [0.05, 0.1) is 6.21 Å². The first-order valence-corrected chi connectivity index (χ1v) is 7.59. The van der Waals surface area contributed by atoms with Gasteiger partial charge in [0.15, 0.2) is 11.5 Å². The standard InChI is InChI=1S/C18H15N3O3/c22-18(17-11-23-15-7-3-4-8-16(15)24-17)21-20-10-12-9-19-14-6-2-1-5-13(12)14/h1-10,17,19H,11H2,(H,21,22)/b20-10+/t17-/m1/s1. The molecule has 0 unspecified atom stereocenters. The Bertz CT molecular complexity index is 917. The van der Waals surface area contributed by atoms with E-state index >= 15 is 0 Å². The molecule has 0 fully saturated rings. The van der Waals surface area contributed by atoms with Crippen molar-refractivity contribution in [3.8, 4) is 11.5 Å². The van der Waals surface area contributed by atoms with E-state index in [4.69, 9.17) is 9.47 Å². The van der Waals surface area contributed by atoms with Crippen molar-refractivity contribution >= 4 is 23.0 Å². The minimum atomic E-state index is -0.722. The molecule has 2 aromatic carbocycles. The zero-order valence-electron chi connectivity index (χ0n) is 12.7. The molecule has 0 saturated carbocycles. The zero-order valence-corrected chi connectivity index (χ0v) is 12.7. The topological polar surface area (TPSA) is 75.7 Å². The average molecular weight is 321 g/mol. The summed E-state index contributed by atoms with van der Waals surface area (Å²) in [6.45, 7) is 0.158. The lowest BCUT2D eigenvalue weighted by atomic mass is 10.2. The van der Waals surface area contributed by atoms with Gasteiger partial charge in [0.2, 0.25) is 6.10 Å². The molecule has 2 heterocycles. The third-order valence-corrected chi connectivity index (χ3v) is 3.80. The largest absolute Gasteiger partial charge is 0.485 e. The summed E-state index contributed by atoms with van der Waals surface area (Å²) in [7, 11) is 0. The van der Waals surface area contributed by atoms with Crippen LogP contribution in [0.5, 0.6) is 11.5 Å². The smallest absolute Gasteiger partial charge is 0.284 e. The number of amides is 1. The van der Waals surface area contributed by atoms with Gasteiger partial charge >= 0.3 is 0 Å². The fourth-order valence-corrected chi connectivity index (χ4v) is 2.59. The second-order valence-electron chi connectivity index (χ2n) is 5.39. The van der Waals surface area contributed by atoms with Crippen LogP contribution in [0.15, 0.2) is 59.8 Å². The number of nitrogens with zero attached hydrogens (tertiary/aromatic N) is 1. The van der Waals surface area contributed by atoms with Crippen molar-refractivity contribution in [2.24, 2.45) is 5.10 Å². The van der Waals surface area contributed by atoms with Crippen LogP contribution in [0, 0.1) is 0 Å². The highest BCUT2D eigenvalue weighted by atomic mass is 16.6. The molecule has 24 heavy (non-hydrogen) atoms. The molecule has 0 saturated heterocycles. The van der Waals surface area contributed by atoms with Gasteiger partial charge in [-0.1, -0.05) is 30.3 Å². The summed E-state index contributed by atoms with van der Waals surface area (Å²) in [4.78, 5) is 15.3. The summed E-state index contributed by atoms with van der Waals surface area (Å²) in [5.41, 5.74) is 4.42. The molecule has 1 aliphatic rings. The van der Waals surface area contributed by atoms with E-state index < -0.39 is 6.10 Å². The molecule has 1 atom stereocenters. The fourth-order valence-electron chi connectivity index (χ4n) is 2.59. The van der Waals surface area contributed by atoms with E-state index in [1.807, 2.05) is 42.6 Å². The number of fused-ring (bicyclic) bond motifs is 2. The highest BCUT2D eigenvalue weighted by Gasteiger charge is 2.26. The SMILES string of the molecule is O=C(N/N=C/c1c[nH]c2ccccc12)[C@H]1COc2ccccc2O1. The summed E-state index contributed by atoms with van der Waals surface area (Å²) in [6, 6.07) is 15.1. The van der Waals surface area contributed by atoms with Crippen molar-refractivity contribution in [3.63, 3.8) is 0 Å². The average Bonchev–Trinajstić information content (AvgIpc) is 3.04. The highest BCUT2D eigenvalue weighted by molar-refractivity contribution is 5.99. The van der Waals surface area contributed by atoms with Crippen LogP contribution < -0.4 is 14.9 Å². The molecule has 0 aliphatic carbocycles.